The molecule has 1 aromatic carbocycles. The van der Waals surface area contributed by atoms with E-state index in [1.807, 2.05) is 18.2 Å². The first kappa shape index (κ1) is 20.6. The largest absolute Gasteiger partial charge is 0.369 e. The molecule has 0 bridgehead atoms. The highest BCUT2D eigenvalue weighted by atomic mass is 19.2. The van der Waals surface area contributed by atoms with Crippen molar-refractivity contribution in [2.45, 2.75) is 6.54 Å². The van der Waals surface area contributed by atoms with E-state index in [9.17, 15) is 18.9 Å². The summed E-state index contributed by atoms with van der Waals surface area (Å²) in [4.78, 5) is 40.7. The number of carbonyl (C=O) groups excluding carboxylic acids is 1. The molecule has 156 valence electrons. The van der Waals surface area contributed by atoms with Crippen LogP contribution in [-0.2, 0) is 25.4 Å². The lowest BCUT2D eigenvalue weighted by molar-refractivity contribution is -0.131. The average Bonchev–Trinajstić information content (AvgIpc) is 2.75. The van der Waals surface area contributed by atoms with Gasteiger partial charge < -0.3 is 10.2 Å². The SMILES string of the molecule is Cn1c(NF)c(NCC(=O)N2CCN(Cc3ccccc3)CC2)c(=O)n(C)c1=O. The standard InChI is InChI=1S/C19H25FN6O3/c1-23-17(22-20)16(18(28)24(2)19(23)29)21-12-15(27)26-10-8-25(9-11-26)13-14-6-4-3-5-7-14/h3-7,21-22H,8-13H2,1-2H3. The molecule has 0 spiro atoms. The molecule has 1 aromatic heterocycles. The van der Waals surface area contributed by atoms with Crippen LogP contribution in [0.1, 0.15) is 5.56 Å². The Kier molecular flexibility index (Phi) is 6.32. The first-order valence-electron chi connectivity index (χ1n) is 9.37. The van der Waals surface area contributed by atoms with Gasteiger partial charge in [0.2, 0.25) is 5.91 Å². The summed E-state index contributed by atoms with van der Waals surface area (Å²) in [5, 5.41) is 2.69. The molecular formula is C19H25FN6O3. The molecule has 0 saturated carbocycles. The Morgan fingerprint density at radius 3 is 2.31 bits per heavy atom. The van der Waals surface area contributed by atoms with E-state index >= 15 is 0 Å². The molecule has 1 aliphatic rings. The van der Waals surface area contributed by atoms with Gasteiger partial charge in [0.1, 0.15) is 5.69 Å². The van der Waals surface area contributed by atoms with Gasteiger partial charge in [0.15, 0.2) is 5.82 Å². The lowest BCUT2D eigenvalue weighted by atomic mass is 10.2. The second-order valence-electron chi connectivity index (χ2n) is 7.02. The van der Waals surface area contributed by atoms with Gasteiger partial charge >= 0.3 is 5.69 Å². The van der Waals surface area contributed by atoms with Gasteiger partial charge in [-0.3, -0.25) is 23.6 Å². The molecule has 0 radical (unpaired) electrons. The van der Waals surface area contributed by atoms with Gasteiger partial charge in [0, 0.05) is 46.8 Å². The fourth-order valence-corrected chi connectivity index (χ4v) is 3.39. The van der Waals surface area contributed by atoms with Crippen LogP contribution in [0, 0.1) is 0 Å². The predicted octanol–water partition coefficient (Wildman–Crippen LogP) is 0.137. The summed E-state index contributed by atoms with van der Waals surface area (Å²) in [6.07, 6.45) is 0. The molecule has 0 atom stereocenters. The predicted molar refractivity (Wildman–Crippen MR) is 108 cm³/mol. The number of hydrogen-bond donors (Lipinski definition) is 2. The number of aromatic nitrogens is 2. The molecule has 1 saturated heterocycles. The molecule has 1 fully saturated rings. The Morgan fingerprint density at radius 2 is 1.69 bits per heavy atom. The maximum Gasteiger partial charge on any atom is 0.332 e. The molecule has 2 heterocycles. The summed E-state index contributed by atoms with van der Waals surface area (Å²) in [6.45, 7) is 3.32. The van der Waals surface area contributed by atoms with Crippen molar-refractivity contribution in [3.63, 3.8) is 0 Å². The van der Waals surface area contributed by atoms with Crippen molar-refractivity contribution in [3.8, 4) is 0 Å². The summed E-state index contributed by atoms with van der Waals surface area (Å²) in [6, 6.07) is 10.1. The third kappa shape index (κ3) is 4.48. The van der Waals surface area contributed by atoms with Crippen LogP contribution in [0.25, 0.3) is 0 Å². The summed E-state index contributed by atoms with van der Waals surface area (Å²) in [7, 11) is 2.63. The van der Waals surface area contributed by atoms with E-state index in [0.717, 1.165) is 28.8 Å². The highest BCUT2D eigenvalue weighted by molar-refractivity contribution is 5.82. The van der Waals surface area contributed by atoms with Crippen LogP contribution in [0.5, 0.6) is 0 Å². The maximum atomic E-state index is 13.1. The first-order valence-corrected chi connectivity index (χ1v) is 9.37. The van der Waals surface area contributed by atoms with Crippen molar-refractivity contribution in [2.24, 2.45) is 14.1 Å². The molecule has 3 rings (SSSR count). The van der Waals surface area contributed by atoms with Gasteiger partial charge in [-0.15, -0.1) is 4.48 Å². The van der Waals surface area contributed by atoms with E-state index < -0.39 is 11.2 Å². The Hall–Kier alpha value is -3.14. The number of nitrogens with one attached hydrogen (secondary N) is 2. The topological polar surface area (TPSA) is 91.6 Å². The molecule has 2 N–H and O–H groups in total. The number of carbonyl (C=O) groups is 1. The van der Waals surface area contributed by atoms with E-state index in [0.29, 0.717) is 13.1 Å². The number of nitrogens with zero attached hydrogens (tertiary/aromatic N) is 4. The van der Waals surface area contributed by atoms with Crippen LogP contribution in [0.2, 0.25) is 0 Å². The van der Waals surface area contributed by atoms with Crippen LogP contribution in [-0.4, -0.2) is 57.6 Å². The van der Waals surface area contributed by atoms with Crippen LogP contribution >= 0.6 is 0 Å². The van der Waals surface area contributed by atoms with Crippen LogP contribution in [0.15, 0.2) is 39.9 Å². The molecule has 9 nitrogen and oxygen atoms in total. The molecule has 1 aliphatic heterocycles. The van der Waals surface area contributed by atoms with Gasteiger partial charge in [-0.1, -0.05) is 30.3 Å². The Bertz CT molecular complexity index is 980. The van der Waals surface area contributed by atoms with Gasteiger partial charge in [-0.25, -0.2) is 10.3 Å². The van der Waals surface area contributed by atoms with Gasteiger partial charge in [0.25, 0.3) is 5.56 Å². The molecule has 10 heteroatoms. The summed E-state index contributed by atoms with van der Waals surface area (Å²) in [5.74, 6) is -0.497. The number of halogens is 1. The summed E-state index contributed by atoms with van der Waals surface area (Å²) >= 11 is 0. The minimum Gasteiger partial charge on any atom is -0.369 e. The Morgan fingerprint density at radius 1 is 1.03 bits per heavy atom. The molecule has 2 aromatic rings. The third-order valence-corrected chi connectivity index (χ3v) is 5.14. The summed E-state index contributed by atoms with van der Waals surface area (Å²) < 4.78 is 15.0. The fourth-order valence-electron chi connectivity index (χ4n) is 3.39. The Labute approximate surface area is 167 Å². The zero-order valence-corrected chi connectivity index (χ0v) is 16.5. The van der Waals surface area contributed by atoms with Crippen molar-refractivity contribution < 1.29 is 9.28 Å². The zero-order valence-electron chi connectivity index (χ0n) is 16.5. The number of hydrogen-bond acceptors (Lipinski definition) is 6. The van der Waals surface area contributed by atoms with E-state index in [4.69, 9.17) is 0 Å². The van der Waals surface area contributed by atoms with Gasteiger partial charge in [0.05, 0.1) is 6.54 Å². The smallest absolute Gasteiger partial charge is 0.332 e. The van der Waals surface area contributed by atoms with Gasteiger partial charge in [-0.2, -0.15) is 0 Å². The zero-order chi connectivity index (χ0) is 21.0. The monoisotopic (exact) mass is 404 g/mol. The number of amides is 1. The van der Waals surface area contributed by atoms with Gasteiger partial charge in [-0.05, 0) is 5.56 Å². The molecule has 0 unspecified atom stereocenters. The van der Waals surface area contributed by atoms with Crippen LogP contribution < -0.4 is 22.1 Å². The lowest BCUT2D eigenvalue weighted by Gasteiger charge is -2.34. The molecular weight excluding hydrogens is 379 g/mol. The van der Waals surface area contributed by atoms with Crippen molar-refractivity contribution in [1.82, 2.24) is 18.9 Å². The number of anilines is 2. The van der Waals surface area contributed by atoms with Crippen molar-refractivity contribution in [2.75, 3.05) is 43.6 Å². The van der Waals surface area contributed by atoms with E-state index in [1.54, 1.807) is 4.90 Å². The third-order valence-electron chi connectivity index (χ3n) is 5.14. The molecule has 29 heavy (non-hydrogen) atoms. The quantitative estimate of drug-likeness (QED) is 0.666. The minimum absolute atomic E-state index is 0.159. The fraction of sp³-hybridized carbons (Fsp3) is 0.421. The number of piperazine rings is 1. The number of rotatable bonds is 6. The Balaban J connectivity index is 1.59. The average molecular weight is 404 g/mol. The van der Waals surface area contributed by atoms with E-state index in [2.05, 4.69) is 22.3 Å². The van der Waals surface area contributed by atoms with Crippen molar-refractivity contribution in [3.05, 3.63) is 56.7 Å². The van der Waals surface area contributed by atoms with Crippen molar-refractivity contribution >= 4 is 17.4 Å². The summed E-state index contributed by atoms with van der Waals surface area (Å²) in [5.41, 5.74) is 1.06. The van der Waals surface area contributed by atoms with Crippen LogP contribution in [0.4, 0.5) is 16.0 Å². The second kappa shape index (κ2) is 8.91. The second-order valence-corrected chi connectivity index (χ2v) is 7.02. The minimum atomic E-state index is -0.700. The van der Waals surface area contributed by atoms with E-state index in [-0.39, 0.29) is 24.0 Å². The van der Waals surface area contributed by atoms with Crippen LogP contribution in [0.3, 0.4) is 0 Å². The lowest BCUT2D eigenvalue weighted by Crippen LogP contribution is -2.50. The normalized spacial score (nSPS) is 14.7. The molecule has 0 aliphatic carbocycles. The number of benzene rings is 1. The van der Waals surface area contributed by atoms with E-state index in [1.165, 1.54) is 25.2 Å². The first-order chi connectivity index (χ1) is 13.9. The maximum absolute atomic E-state index is 13.1. The highest BCUT2D eigenvalue weighted by Gasteiger charge is 2.22. The molecule has 1 amide bonds. The van der Waals surface area contributed by atoms with Crippen molar-refractivity contribution in [1.29, 1.82) is 0 Å². The highest BCUT2D eigenvalue weighted by Crippen LogP contribution is 2.14.